The Morgan fingerprint density at radius 1 is 1.00 bits per heavy atom. The van der Waals surface area contributed by atoms with Crippen LogP contribution in [0, 0.1) is 0 Å². The Bertz CT molecular complexity index is 1030. The minimum atomic E-state index is 0.259. The van der Waals surface area contributed by atoms with Crippen LogP contribution in [0.4, 0.5) is 5.69 Å². The summed E-state index contributed by atoms with van der Waals surface area (Å²) in [5.41, 5.74) is 6.81. The van der Waals surface area contributed by atoms with Crippen LogP contribution in [0.3, 0.4) is 0 Å². The van der Waals surface area contributed by atoms with Gasteiger partial charge in [-0.1, -0.05) is 0 Å². The minimum Gasteiger partial charge on any atom is -0.508 e. The van der Waals surface area contributed by atoms with Crippen molar-refractivity contribution in [3.63, 3.8) is 0 Å². The van der Waals surface area contributed by atoms with Gasteiger partial charge in [0.1, 0.15) is 10.8 Å². The number of benzene rings is 2. The van der Waals surface area contributed by atoms with Gasteiger partial charge in [-0.25, -0.2) is 4.98 Å². The molecule has 4 rings (SSSR count). The van der Waals surface area contributed by atoms with Crippen LogP contribution in [0.15, 0.2) is 72.1 Å². The van der Waals surface area contributed by atoms with Crippen LogP contribution in [0.25, 0.3) is 20.8 Å². The van der Waals surface area contributed by atoms with E-state index in [2.05, 4.69) is 20.5 Å². The molecule has 2 heterocycles. The van der Waals surface area contributed by atoms with Gasteiger partial charge in [0.15, 0.2) is 0 Å². The molecule has 0 unspecified atom stereocenters. The highest BCUT2D eigenvalue weighted by Gasteiger charge is 2.06. The molecule has 2 aromatic carbocycles. The van der Waals surface area contributed by atoms with Crippen molar-refractivity contribution in [2.24, 2.45) is 5.10 Å². The number of hydrogen-bond donors (Lipinski definition) is 2. The summed E-state index contributed by atoms with van der Waals surface area (Å²) in [6.45, 7) is 0. The second-order valence-corrected chi connectivity index (χ2v) is 6.43. The second-order valence-electron chi connectivity index (χ2n) is 5.40. The number of phenols is 1. The van der Waals surface area contributed by atoms with Crippen molar-refractivity contribution < 1.29 is 5.11 Å². The SMILES string of the molecule is Oc1ccc2nc(-c3ccc(NN=Cc4ccncc4)cc3)sc2c1. The zero-order chi connectivity index (χ0) is 17.1. The lowest BCUT2D eigenvalue weighted by Gasteiger charge is -2.01. The van der Waals surface area contributed by atoms with E-state index >= 15 is 0 Å². The molecule has 0 saturated heterocycles. The largest absolute Gasteiger partial charge is 0.508 e. The lowest BCUT2D eigenvalue weighted by Crippen LogP contribution is -1.90. The van der Waals surface area contributed by atoms with Crippen molar-refractivity contribution in [2.45, 2.75) is 0 Å². The van der Waals surface area contributed by atoms with E-state index in [0.717, 1.165) is 32.0 Å². The molecule has 6 heteroatoms. The zero-order valence-electron chi connectivity index (χ0n) is 13.1. The van der Waals surface area contributed by atoms with Crippen molar-refractivity contribution in [3.8, 4) is 16.3 Å². The van der Waals surface area contributed by atoms with Gasteiger partial charge >= 0.3 is 0 Å². The van der Waals surface area contributed by atoms with Gasteiger partial charge in [-0.15, -0.1) is 11.3 Å². The normalized spacial score (nSPS) is 11.2. The molecule has 0 bridgehead atoms. The zero-order valence-corrected chi connectivity index (χ0v) is 13.9. The molecular weight excluding hydrogens is 332 g/mol. The highest BCUT2D eigenvalue weighted by atomic mass is 32.1. The fourth-order valence-electron chi connectivity index (χ4n) is 2.35. The molecule has 0 aliphatic rings. The predicted octanol–water partition coefficient (Wildman–Crippen LogP) is 4.51. The Balaban J connectivity index is 1.50. The van der Waals surface area contributed by atoms with Gasteiger partial charge in [0.25, 0.3) is 0 Å². The third-order valence-electron chi connectivity index (χ3n) is 3.62. The maximum Gasteiger partial charge on any atom is 0.124 e. The molecular formula is C19H14N4OS. The molecule has 0 amide bonds. The van der Waals surface area contributed by atoms with E-state index < -0.39 is 0 Å². The molecule has 0 aliphatic carbocycles. The van der Waals surface area contributed by atoms with Crippen molar-refractivity contribution in [1.82, 2.24) is 9.97 Å². The Hall–Kier alpha value is -3.25. The summed E-state index contributed by atoms with van der Waals surface area (Å²) in [5.74, 6) is 0.259. The van der Waals surface area contributed by atoms with E-state index in [1.54, 1.807) is 42.1 Å². The first-order valence-electron chi connectivity index (χ1n) is 7.67. The average molecular weight is 346 g/mol. The van der Waals surface area contributed by atoms with Crippen LogP contribution < -0.4 is 5.43 Å². The van der Waals surface area contributed by atoms with Crippen molar-refractivity contribution in [3.05, 3.63) is 72.6 Å². The van der Waals surface area contributed by atoms with Gasteiger partial charge < -0.3 is 5.11 Å². The summed E-state index contributed by atoms with van der Waals surface area (Å²) in [6.07, 6.45) is 5.21. The molecule has 122 valence electrons. The predicted molar refractivity (Wildman–Crippen MR) is 102 cm³/mol. The number of phenolic OH excluding ortho intramolecular Hbond substituents is 1. The van der Waals surface area contributed by atoms with Crippen molar-refractivity contribution >= 4 is 33.5 Å². The molecule has 5 nitrogen and oxygen atoms in total. The van der Waals surface area contributed by atoms with Crippen LogP contribution in [0.5, 0.6) is 5.75 Å². The van der Waals surface area contributed by atoms with Crippen LogP contribution in [-0.2, 0) is 0 Å². The number of aromatic hydroxyl groups is 1. The summed E-state index contributed by atoms with van der Waals surface area (Å²) in [7, 11) is 0. The van der Waals surface area contributed by atoms with E-state index in [0.29, 0.717) is 0 Å². The quantitative estimate of drug-likeness (QED) is 0.421. The van der Waals surface area contributed by atoms with Gasteiger partial charge in [-0.3, -0.25) is 10.4 Å². The smallest absolute Gasteiger partial charge is 0.124 e. The van der Waals surface area contributed by atoms with E-state index in [9.17, 15) is 5.11 Å². The summed E-state index contributed by atoms with van der Waals surface area (Å²) < 4.78 is 0.971. The van der Waals surface area contributed by atoms with Gasteiger partial charge in [-0.05, 0) is 60.2 Å². The molecule has 0 fully saturated rings. The number of nitrogens with one attached hydrogen (secondary N) is 1. The fourth-order valence-corrected chi connectivity index (χ4v) is 3.36. The third kappa shape index (κ3) is 3.49. The van der Waals surface area contributed by atoms with Gasteiger partial charge in [0.05, 0.1) is 22.1 Å². The summed E-state index contributed by atoms with van der Waals surface area (Å²) >= 11 is 1.56. The van der Waals surface area contributed by atoms with Crippen LogP contribution >= 0.6 is 11.3 Å². The van der Waals surface area contributed by atoms with Gasteiger partial charge in [0.2, 0.25) is 0 Å². The molecule has 0 radical (unpaired) electrons. The molecule has 25 heavy (non-hydrogen) atoms. The third-order valence-corrected chi connectivity index (χ3v) is 4.68. The molecule has 2 N–H and O–H groups in total. The molecule has 0 spiro atoms. The molecule has 0 atom stereocenters. The van der Waals surface area contributed by atoms with E-state index in [4.69, 9.17) is 0 Å². The monoisotopic (exact) mass is 346 g/mol. The molecule has 0 aliphatic heterocycles. The average Bonchev–Trinajstić information content (AvgIpc) is 3.06. The number of anilines is 1. The topological polar surface area (TPSA) is 70.4 Å². The lowest BCUT2D eigenvalue weighted by atomic mass is 10.2. The van der Waals surface area contributed by atoms with E-state index in [-0.39, 0.29) is 5.75 Å². The Morgan fingerprint density at radius 2 is 1.80 bits per heavy atom. The highest BCUT2D eigenvalue weighted by Crippen LogP contribution is 2.32. The standard InChI is InChI=1S/C19H14N4OS/c24-16-5-6-17-18(11-16)25-19(22-17)14-1-3-15(4-2-14)23-21-12-13-7-9-20-10-8-13/h1-12,23-24H. The van der Waals surface area contributed by atoms with E-state index in [1.807, 2.05) is 42.5 Å². The number of nitrogens with zero attached hydrogens (tertiary/aromatic N) is 3. The van der Waals surface area contributed by atoms with Crippen LogP contribution in [0.2, 0.25) is 0 Å². The number of hydrogen-bond acceptors (Lipinski definition) is 6. The first-order chi connectivity index (χ1) is 12.3. The summed E-state index contributed by atoms with van der Waals surface area (Å²) in [5, 5.41) is 14.7. The highest BCUT2D eigenvalue weighted by molar-refractivity contribution is 7.21. The van der Waals surface area contributed by atoms with Crippen LogP contribution in [-0.4, -0.2) is 21.3 Å². The number of aromatic nitrogens is 2. The Labute approximate surface area is 148 Å². The lowest BCUT2D eigenvalue weighted by molar-refractivity contribution is 0.476. The molecule has 4 aromatic rings. The summed E-state index contributed by atoms with van der Waals surface area (Å²) in [6, 6.07) is 16.9. The Kier molecular flexibility index (Phi) is 4.10. The second kappa shape index (κ2) is 6.70. The maximum absolute atomic E-state index is 9.57. The van der Waals surface area contributed by atoms with Crippen LogP contribution in [0.1, 0.15) is 5.56 Å². The number of thiazole rings is 1. The van der Waals surface area contributed by atoms with E-state index in [1.165, 1.54) is 0 Å². The maximum atomic E-state index is 9.57. The fraction of sp³-hybridized carbons (Fsp3) is 0. The molecule has 2 aromatic heterocycles. The van der Waals surface area contributed by atoms with Gasteiger partial charge in [0, 0.05) is 18.0 Å². The Morgan fingerprint density at radius 3 is 2.60 bits per heavy atom. The van der Waals surface area contributed by atoms with Crippen molar-refractivity contribution in [1.29, 1.82) is 0 Å². The number of fused-ring (bicyclic) bond motifs is 1. The number of rotatable bonds is 4. The van der Waals surface area contributed by atoms with Gasteiger partial charge in [-0.2, -0.15) is 5.10 Å². The number of hydrazone groups is 1. The first-order valence-corrected chi connectivity index (χ1v) is 8.49. The first kappa shape index (κ1) is 15.3. The van der Waals surface area contributed by atoms with Crippen molar-refractivity contribution in [2.75, 3.05) is 5.43 Å². The summed E-state index contributed by atoms with van der Waals surface area (Å²) in [4.78, 5) is 8.58. The minimum absolute atomic E-state index is 0.259. The molecule has 0 saturated carbocycles. The number of pyridine rings is 1.